The van der Waals surface area contributed by atoms with Crippen molar-refractivity contribution >= 4 is 32.5 Å². The highest BCUT2D eigenvalue weighted by atomic mass is 32.2. The van der Waals surface area contributed by atoms with Crippen LogP contribution in [0.5, 0.6) is 0 Å². The first-order chi connectivity index (χ1) is 12.3. The monoisotopic (exact) mass is 372 g/mol. The van der Waals surface area contributed by atoms with E-state index in [0.717, 1.165) is 11.1 Å². The second kappa shape index (κ2) is 6.87. The third kappa shape index (κ3) is 3.32. The summed E-state index contributed by atoms with van der Waals surface area (Å²) in [5.74, 6) is -0.484. The number of anilines is 1. The zero-order valence-corrected chi connectivity index (χ0v) is 15.7. The van der Waals surface area contributed by atoms with Gasteiger partial charge in [0, 0.05) is 12.4 Å². The van der Waals surface area contributed by atoms with Gasteiger partial charge in [-0.05, 0) is 31.5 Å². The summed E-state index contributed by atoms with van der Waals surface area (Å²) in [6, 6.07) is 8.02. The minimum Gasteiger partial charge on any atom is -0.321 e. The maximum atomic E-state index is 12.7. The highest BCUT2D eigenvalue weighted by Crippen LogP contribution is 2.22. The van der Waals surface area contributed by atoms with Crippen LogP contribution in [0.3, 0.4) is 0 Å². The van der Waals surface area contributed by atoms with Gasteiger partial charge in [0.1, 0.15) is 0 Å². The number of amides is 1. The van der Waals surface area contributed by atoms with E-state index in [4.69, 9.17) is 0 Å². The van der Waals surface area contributed by atoms with Gasteiger partial charge < -0.3 is 5.32 Å². The third-order valence-electron chi connectivity index (χ3n) is 4.06. The minimum absolute atomic E-state index is 0.000310. The number of sulfone groups is 1. The van der Waals surface area contributed by atoms with Crippen LogP contribution in [0, 0.1) is 6.92 Å². The van der Waals surface area contributed by atoms with E-state index in [0.29, 0.717) is 17.8 Å². The van der Waals surface area contributed by atoms with Crippen LogP contribution in [0.2, 0.25) is 0 Å². The van der Waals surface area contributed by atoms with E-state index < -0.39 is 15.7 Å². The highest BCUT2D eigenvalue weighted by molar-refractivity contribution is 7.91. The van der Waals surface area contributed by atoms with Crippen LogP contribution in [0.15, 0.2) is 41.4 Å². The lowest BCUT2D eigenvalue weighted by Gasteiger charge is -2.10. The molecule has 3 rings (SSSR count). The van der Waals surface area contributed by atoms with Gasteiger partial charge in [0.2, 0.25) is 0 Å². The average molecular weight is 372 g/mol. The van der Waals surface area contributed by atoms with Crippen LogP contribution >= 0.6 is 0 Å². The number of nitrogens with one attached hydrogen (secondary N) is 1. The maximum Gasteiger partial charge on any atom is 0.257 e. The van der Waals surface area contributed by atoms with Crippen molar-refractivity contribution in [3.63, 3.8) is 0 Å². The summed E-state index contributed by atoms with van der Waals surface area (Å²) in [6.45, 7) is 3.65. The molecule has 0 unspecified atom stereocenters. The number of hydrogen-bond acceptors (Lipinski definition) is 5. The Balaban J connectivity index is 1.95. The van der Waals surface area contributed by atoms with Crippen LogP contribution in [0.25, 0.3) is 11.0 Å². The molecule has 3 aromatic rings. The largest absolute Gasteiger partial charge is 0.321 e. The molecule has 1 aromatic carbocycles. The smallest absolute Gasteiger partial charge is 0.257 e. The number of rotatable bonds is 5. The van der Waals surface area contributed by atoms with Crippen molar-refractivity contribution < 1.29 is 13.2 Å². The maximum absolute atomic E-state index is 12.7. The van der Waals surface area contributed by atoms with E-state index in [9.17, 15) is 13.2 Å². The lowest BCUT2D eigenvalue weighted by atomic mass is 10.2. The number of fused-ring (bicyclic) bond motifs is 1. The fourth-order valence-electron chi connectivity index (χ4n) is 2.88. The van der Waals surface area contributed by atoms with Crippen LogP contribution in [0.4, 0.5) is 5.69 Å². The van der Waals surface area contributed by atoms with E-state index >= 15 is 0 Å². The normalized spacial score (nSPS) is 11.7. The number of aromatic nitrogens is 3. The molecule has 0 aliphatic rings. The molecule has 0 fully saturated rings. The van der Waals surface area contributed by atoms with E-state index in [1.165, 1.54) is 18.3 Å². The van der Waals surface area contributed by atoms with Crippen molar-refractivity contribution in [3.05, 3.63) is 47.8 Å². The first-order valence-corrected chi connectivity index (χ1v) is 9.91. The van der Waals surface area contributed by atoms with Gasteiger partial charge in [0.05, 0.1) is 33.8 Å². The highest BCUT2D eigenvalue weighted by Gasteiger charge is 2.21. The SMILES string of the molecule is CCCS(=O)(=O)c1ccccc1C(=O)Nc1cnc2c(c1)c(C)nn2C. The number of carbonyl (C=O) groups excluding carboxylic acids is 1. The fraction of sp³-hybridized carbons (Fsp3) is 0.278. The van der Waals surface area contributed by atoms with E-state index in [2.05, 4.69) is 15.4 Å². The second-order valence-electron chi connectivity index (χ2n) is 6.07. The molecular weight excluding hydrogens is 352 g/mol. The number of hydrogen-bond donors (Lipinski definition) is 1. The van der Waals surface area contributed by atoms with E-state index in [-0.39, 0.29) is 16.2 Å². The predicted octanol–water partition coefficient (Wildman–Crippen LogP) is 2.71. The summed E-state index contributed by atoms with van der Waals surface area (Å²) in [6.07, 6.45) is 2.02. The summed E-state index contributed by atoms with van der Waals surface area (Å²) < 4.78 is 26.5. The topological polar surface area (TPSA) is 93.9 Å². The summed E-state index contributed by atoms with van der Waals surface area (Å²) in [7, 11) is -1.71. The molecule has 1 N–H and O–H groups in total. The summed E-state index contributed by atoms with van der Waals surface area (Å²) >= 11 is 0. The quantitative estimate of drug-likeness (QED) is 0.743. The van der Waals surface area contributed by atoms with Gasteiger partial charge in [-0.15, -0.1) is 0 Å². The predicted molar refractivity (Wildman–Crippen MR) is 100.0 cm³/mol. The average Bonchev–Trinajstić information content (AvgIpc) is 2.89. The van der Waals surface area contributed by atoms with Crippen molar-refractivity contribution in [1.29, 1.82) is 0 Å². The molecule has 26 heavy (non-hydrogen) atoms. The Morgan fingerprint density at radius 2 is 2.00 bits per heavy atom. The Labute approximate surface area is 152 Å². The summed E-state index contributed by atoms with van der Waals surface area (Å²) in [4.78, 5) is 17.1. The van der Waals surface area contributed by atoms with Gasteiger partial charge in [-0.25, -0.2) is 13.4 Å². The van der Waals surface area contributed by atoms with Crippen LogP contribution in [-0.4, -0.2) is 34.8 Å². The molecule has 136 valence electrons. The molecule has 0 radical (unpaired) electrons. The van der Waals surface area contributed by atoms with E-state index in [1.807, 2.05) is 6.92 Å². The molecule has 0 aliphatic heterocycles. The fourth-order valence-corrected chi connectivity index (χ4v) is 4.42. The Bertz CT molecular complexity index is 1090. The number of benzene rings is 1. The molecule has 2 heterocycles. The third-order valence-corrected chi connectivity index (χ3v) is 6.03. The number of nitrogens with zero attached hydrogens (tertiary/aromatic N) is 3. The molecule has 0 saturated heterocycles. The minimum atomic E-state index is -3.51. The molecular formula is C18H20N4O3S. The first-order valence-electron chi connectivity index (χ1n) is 8.26. The van der Waals surface area contributed by atoms with Crippen molar-refractivity contribution in [2.45, 2.75) is 25.2 Å². The molecule has 1 amide bonds. The van der Waals surface area contributed by atoms with Crippen molar-refractivity contribution in [1.82, 2.24) is 14.8 Å². The zero-order chi connectivity index (χ0) is 18.9. The lowest BCUT2D eigenvalue weighted by Crippen LogP contribution is -2.17. The Hall–Kier alpha value is -2.74. The molecule has 0 atom stereocenters. The molecule has 8 heteroatoms. The molecule has 0 bridgehead atoms. The number of pyridine rings is 1. The van der Waals surface area contributed by atoms with Crippen LogP contribution in [0.1, 0.15) is 29.4 Å². The summed E-state index contributed by atoms with van der Waals surface area (Å²) in [5, 5.41) is 7.87. The Morgan fingerprint density at radius 1 is 1.27 bits per heavy atom. The van der Waals surface area contributed by atoms with Crippen molar-refractivity contribution in [2.24, 2.45) is 7.05 Å². The molecule has 7 nitrogen and oxygen atoms in total. The van der Waals surface area contributed by atoms with Crippen LogP contribution in [-0.2, 0) is 16.9 Å². The molecule has 2 aromatic heterocycles. The lowest BCUT2D eigenvalue weighted by molar-refractivity contribution is 0.102. The Morgan fingerprint density at radius 3 is 2.73 bits per heavy atom. The Kier molecular flexibility index (Phi) is 4.78. The number of carbonyl (C=O) groups is 1. The van der Waals surface area contributed by atoms with Crippen molar-refractivity contribution in [3.8, 4) is 0 Å². The standard InChI is InChI=1S/C18H20N4O3S/c1-4-9-26(24,25)16-8-6-5-7-14(16)18(23)20-13-10-15-12(2)21-22(3)17(15)19-11-13/h5-8,10-11H,4,9H2,1-3H3,(H,20,23). The van der Waals surface area contributed by atoms with Gasteiger partial charge in [-0.2, -0.15) is 5.10 Å². The molecule has 0 spiro atoms. The van der Waals surface area contributed by atoms with Gasteiger partial charge in [0.15, 0.2) is 15.5 Å². The van der Waals surface area contributed by atoms with Crippen LogP contribution < -0.4 is 5.32 Å². The molecule has 0 aliphatic carbocycles. The van der Waals surface area contributed by atoms with Gasteiger partial charge in [-0.1, -0.05) is 19.1 Å². The van der Waals surface area contributed by atoms with Gasteiger partial charge in [0.25, 0.3) is 5.91 Å². The second-order valence-corrected chi connectivity index (χ2v) is 8.15. The van der Waals surface area contributed by atoms with Gasteiger partial charge >= 0.3 is 0 Å². The van der Waals surface area contributed by atoms with Crippen molar-refractivity contribution in [2.75, 3.05) is 11.1 Å². The van der Waals surface area contributed by atoms with E-state index in [1.54, 1.807) is 36.9 Å². The molecule has 0 saturated carbocycles. The first kappa shape index (κ1) is 18.1. The number of aryl methyl sites for hydroxylation is 2. The zero-order valence-electron chi connectivity index (χ0n) is 14.9. The van der Waals surface area contributed by atoms with Gasteiger partial charge in [-0.3, -0.25) is 9.48 Å². The summed E-state index contributed by atoms with van der Waals surface area (Å²) in [5.41, 5.74) is 2.13.